The third-order valence-corrected chi connectivity index (χ3v) is 3.12. The van der Waals surface area contributed by atoms with Crippen LogP contribution < -0.4 is 10.6 Å². The molecule has 0 saturated heterocycles. The average Bonchev–Trinajstić information content (AvgIpc) is 2.44. The van der Waals surface area contributed by atoms with Gasteiger partial charge < -0.3 is 10.6 Å². The minimum absolute atomic E-state index is 0.221. The van der Waals surface area contributed by atoms with Crippen LogP contribution in [0.3, 0.4) is 0 Å². The Kier molecular flexibility index (Phi) is 5.07. The smallest absolute Gasteiger partial charge is 0.123 e. The summed E-state index contributed by atoms with van der Waals surface area (Å²) in [5.74, 6) is -0.221. The molecule has 0 aliphatic heterocycles. The van der Waals surface area contributed by atoms with Gasteiger partial charge in [0.15, 0.2) is 0 Å². The van der Waals surface area contributed by atoms with E-state index in [9.17, 15) is 4.39 Å². The lowest BCUT2D eigenvalue weighted by Gasteiger charge is -2.24. The van der Waals surface area contributed by atoms with Gasteiger partial charge in [0, 0.05) is 17.9 Å². The number of hydrogen-bond donors (Lipinski definition) is 1. The molecule has 20 heavy (non-hydrogen) atoms. The summed E-state index contributed by atoms with van der Waals surface area (Å²) in [7, 11) is 0. The second-order valence-corrected chi connectivity index (χ2v) is 4.81. The van der Waals surface area contributed by atoms with E-state index in [2.05, 4.69) is 9.88 Å². The number of halogens is 1. The Bertz CT molecular complexity index is 540. The van der Waals surface area contributed by atoms with E-state index in [4.69, 9.17) is 5.73 Å². The predicted molar refractivity (Wildman–Crippen MR) is 80.1 cm³/mol. The van der Waals surface area contributed by atoms with Crippen LogP contribution in [0.1, 0.15) is 17.8 Å². The highest BCUT2D eigenvalue weighted by molar-refractivity contribution is 5.46. The predicted octanol–water partition coefficient (Wildman–Crippen LogP) is 2.88. The Morgan fingerprint density at radius 3 is 2.55 bits per heavy atom. The maximum atomic E-state index is 13.0. The summed E-state index contributed by atoms with van der Waals surface area (Å²) in [6.07, 6.45) is 0.892. The van der Waals surface area contributed by atoms with Crippen LogP contribution in [0.25, 0.3) is 0 Å². The van der Waals surface area contributed by atoms with Gasteiger partial charge in [-0.2, -0.15) is 0 Å². The fourth-order valence-corrected chi connectivity index (χ4v) is 2.12. The van der Waals surface area contributed by atoms with Gasteiger partial charge in [-0.15, -0.1) is 0 Å². The number of benzene rings is 1. The van der Waals surface area contributed by atoms with Crippen molar-refractivity contribution in [3.63, 3.8) is 0 Å². The van der Waals surface area contributed by atoms with E-state index in [1.807, 2.05) is 25.1 Å². The SMILES string of the molecule is Cc1cccc(CN(CCCN)c2ccc(F)cc2)n1. The minimum Gasteiger partial charge on any atom is -0.366 e. The van der Waals surface area contributed by atoms with Crippen LogP contribution in [0, 0.1) is 12.7 Å². The average molecular weight is 273 g/mol. The first kappa shape index (κ1) is 14.5. The van der Waals surface area contributed by atoms with Crippen LogP contribution in [0.5, 0.6) is 0 Å². The van der Waals surface area contributed by atoms with Crippen LogP contribution in [0.15, 0.2) is 42.5 Å². The number of nitrogens with two attached hydrogens (primary N) is 1. The molecule has 0 fully saturated rings. The second kappa shape index (κ2) is 7.01. The fourth-order valence-electron chi connectivity index (χ4n) is 2.12. The van der Waals surface area contributed by atoms with Crippen molar-refractivity contribution in [2.24, 2.45) is 5.73 Å². The molecule has 0 amide bonds. The second-order valence-electron chi connectivity index (χ2n) is 4.81. The van der Waals surface area contributed by atoms with E-state index in [0.29, 0.717) is 13.1 Å². The lowest BCUT2D eigenvalue weighted by Crippen LogP contribution is -2.26. The van der Waals surface area contributed by atoms with Crippen molar-refractivity contribution < 1.29 is 4.39 Å². The zero-order valence-electron chi connectivity index (χ0n) is 11.7. The van der Waals surface area contributed by atoms with Gasteiger partial charge >= 0.3 is 0 Å². The van der Waals surface area contributed by atoms with E-state index >= 15 is 0 Å². The van der Waals surface area contributed by atoms with Gasteiger partial charge in [-0.25, -0.2) is 4.39 Å². The van der Waals surface area contributed by atoms with Crippen molar-refractivity contribution in [3.05, 3.63) is 59.7 Å². The van der Waals surface area contributed by atoms with Crippen LogP contribution in [0.2, 0.25) is 0 Å². The first-order valence-corrected chi connectivity index (χ1v) is 6.82. The van der Waals surface area contributed by atoms with Gasteiger partial charge in [0.1, 0.15) is 5.82 Å². The zero-order chi connectivity index (χ0) is 14.4. The Morgan fingerprint density at radius 1 is 1.15 bits per heavy atom. The molecule has 0 unspecified atom stereocenters. The van der Waals surface area contributed by atoms with E-state index < -0.39 is 0 Å². The molecule has 106 valence electrons. The highest BCUT2D eigenvalue weighted by atomic mass is 19.1. The lowest BCUT2D eigenvalue weighted by molar-refractivity contribution is 0.627. The maximum absolute atomic E-state index is 13.0. The van der Waals surface area contributed by atoms with Crippen molar-refractivity contribution in [1.29, 1.82) is 0 Å². The molecule has 0 aliphatic carbocycles. The standard InChI is InChI=1S/C16H20FN3/c1-13-4-2-5-15(19-13)12-20(11-3-10-18)16-8-6-14(17)7-9-16/h2,4-9H,3,10-12,18H2,1H3. The number of aromatic nitrogens is 1. The van der Waals surface area contributed by atoms with E-state index in [-0.39, 0.29) is 5.82 Å². The molecule has 2 rings (SSSR count). The summed E-state index contributed by atoms with van der Waals surface area (Å²) >= 11 is 0. The van der Waals surface area contributed by atoms with Crippen molar-refractivity contribution in [1.82, 2.24) is 4.98 Å². The molecule has 1 aromatic heterocycles. The Hall–Kier alpha value is -1.94. The largest absolute Gasteiger partial charge is 0.366 e. The molecule has 4 heteroatoms. The van der Waals surface area contributed by atoms with Gasteiger partial charge in [-0.1, -0.05) is 6.07 Å². The summed E-state index contributed by atoms with van der Waals surface area (Å²) in [5, 5.41) is 0. The van der Waals surface area contributed by atoms with Gasteiger partial charge in [-0.3, -0.25) is 4.98 Å². The molecule has 0 atom stereocenters. The Labute approximate surface area is 119 Å². The van der Waals surface area contributed by atoms with Crippen molar-refractivity contribution in [2.75, 3.05) is 18.0 Å². The van der Waals surface area contributed by atoms with Crippen molar-refractivity contribution >= 4 is 5.69 Å². The lowest BCUT2D eigenvalue weighted by atomic mass is 10.2. The number of anilines is 1. The summed E-state index contributed by atoms with van der Waals surface area (Å²) in [5.41, 5.74) is 8.59. The van der Waals surface area contributed by atoms with Crippen LogP contribution in [-0.4, -0.2) is 18.1 Å². The molecule has 0 bridgehead atoms. The quantitative estimate of drug-likeness (QED) is 0.880. The molecule has 3 nitrogen and oxygen atoms in total. The molecule has 0 aliphatic rings. The highest BCUT2D eigenvalue weighted by Gasteiger charge is 2.08. The number of aryl methyl sites for hydroxylation is 1. The molecule has 1 heterocycles. The monoisotopic (exact) mass is 273 g/mol. The van der Waals surface area contributed by atoms with Gasteiger partial charge in [0.25, 0.3) is 0 Å². The highest BCUT2D eigenvalue weighted by Crippen LogP contribution is 2.17. The third-order valence-electron chi connectivity index (χ3n) is 3.12. The number of nitrogens with zero attached hydrogens (tertiary/aromatic N) is 2. The maximum Gasteiger partial charge on any atom is 0.123 e. The molecular weight excluding hydrogens is 253 g/mol. The van der Waals surface area contributed by atoms with E-state index in [1.54, 1.807) is 12.1 Å². The molecule has 2 N–H and O–H groups in total. The summed E-state index contributed by atoms with van der Waals surface area (Å²) < 4.78 is 13.0. The molecule has 0 saturated carbocycles. The first-order valence-electron chi connectivity index (χ1n) is 6.82. The Morgan fingerprint density at radius 2 is 1.90 bits per heavy atom. The molecule has 1 aromatic carbocycles. The Balaban J connectivity index is 2.16. The van der Waals surface area contributed by atoms with Crippen molar-refractivity contribution in [2.45, 2.75) is 19.9 Å². The normalized spacial score (nSPS) is 10.6. The summed E-state index contributed by atoms with van der Waals surface area (Å²) in [4.78, 5) is 6.69. The molecule has 0 radical (unpaired) electrons. The van der Waals surface area contributed by atoms with Gasteiger partial charge in [0.05, 0.1) is 12.2 Å². The third kappa shape index (κ3) is 4.03. The summed E-state index contributed by atoms with van der Waals surface area (Å²) in [6, 6.07) is 12.5. The van der Waals surface area contributed by atoms with E-state index in [0.717, 1.165) is 30.0 Å². The first-order chi connectivity index (χ1) is 9.69. The molecule has 0 spiro atoms. The molecule has 2 aromatic rings. The minimum atomic E-state index is -0.221. The van der Waals surface area contributed by atoms with E-state index in [1.165, 1.54) is 12.1 Å². The number of hydrogen-bond acceptors (Lipinski definition) is 3. The number of rotatable bonds is 6. The summed E-state index contributed by atoms with van der Waals surface area (Å²) in [6.45, 7) is 4.15. The fraction of sp³-hybridized carbons (Fsp3) is 0.312. The molecular formula is C16H20FN3. The number of pyridine rings is 1. The van der Waals surface area contributed by atoms with Gasteiger partial charge in [-0.05, 0) is 56.3 Å². The zero-order valence-corrected chi connectivity index (χ0v) is 11.7. The van der Waals surface area contributed by atoms with Crippen molar-refractivity contribution in [3.8, 4) is 0 Å². The van der Waals surface area contributed by atoms with Crippen LogP contribution in [-0.2, 0) is 6.54 Å². The van der Waals surface area contributed by atoms with Gasteiger partial charge in [0.2, 0.25) is 0 Å². The van der Waals surface area contributed by atoms with Crippen LogP contribution in [0.4, 0.5) is 10.1 Å². The topological polar surface area (TPSA) is 42.1 Å². The van der Waals surface area contributed by atoms with Crippen LogP contribution >= 0.6 is 0 Å².